The molecular weight excluding hydrogens is 404 g/mol. The SMILES string of the molecule is CC(C)C1=CC2CC3(C=O)C4CC[C@@H](C)C4CC2(CCOC(=O)C2CCCC2)C13C(=O)O. The van der Waals surface area contributed by atoms with Crippen LogP contribution in [0.1, 0.15) is 78.6 Å². The lowest BCUT2D eigenvalue weighted by molar-refractivity contribution is -0.182. The maximum absolute atomic E-state index is 13.3. The van der Waals surface area contributed by atoms with Gasteiger partial charge in [-0.15, -0.1) is 0 Å². The van der Waals surface area contributed by atoms with Gasteiger partial charge in [-0.2, -0.15) is 0 Å². The van der Waals surface area contributed by atoms with E-state index in [2.05, 4.69) is 26.8 Å². The minimum Gasteiger partial charge on any atom is -0.481 e. The number of carboxylic acid groups (broad SMARTS) is 1. The maximum Gasteiger partial charge on any atom is 0.315 e. The summed E-state index contributed by atoms with van der Waals surface area (Å²) in [4.78, 5) is 38.9. The van der Waals surface area contributed by atoms with Crippen LogP contribution in [-0.2, 0) is 19.1 Å². The van der Waals surface area contributed by atoms with Gasteiger partial charge < -0.3 is 14.6 Å². The van der Waals surface area contributed by atoms with Gasteiger partial charge in [0, 0.05) is 5.41 Å². The summed E-state index contributed by atoms with van der Waals surface area (Å²) in [7, 11) is 0. The highest BCUT2D eigenvalue weighted by molar-refractivity contribution is 5.90. The Labute approximate surface area is 191 Å². The number of fused-ring (bicyclic) bond motifs is 2. The Morgan fingerprint density at radius 3 is 2.53 bits per heavy atom. The smallest absolute Gasteiger partial charge is 0.315 e. The number of aldehydes is 1. The van der Waals surface area contributed by atoms with Crippen LogP contribution in [0.25, 0.3) is 0 Å². The van der Waals surface area contributed by atoms with Crippen LogP contribution in [0.5, 0.6) is 0 Å². The third-order valence-corrected chi connectivity index (χ3v) is 10.6. The molecule has 4 bridgehead atoms. The zero-order chi connectivity index (χ0) is 22.9. The van der Waals surface area contributed by atoms with Crippen LogP contribution in [0.2, 0.25) is 0 Å². The zero-order valence-electron chi connectivity index (χ0n) is 19.8. The average molecular weight is 443 g/mol. The Bertz CT molecular complexity index is 854. The largest absolute Gasteiger partial charge is 0.481 e. The average Bonchev–Trinajstić information content (AvgIpc) is 3.50. The van der Waals surface area contributed by atoms with E-state index in [0.29, 0.717) is 24.7 Å². The first-order valence-corrected chi connectivity index (χ1v) is 12.8. The van der Waals surface area contributed by atoms with Crippen molar-refractivity contribution in [1.82, 2.24) is 0 Å². The molecule has 0 aromatic carbocycles. The number of carbonyl (C=O) groups is 3. The van der Waals surface area contributed by atoms with E-state index in [9.17, 15) is 19.5 Å². The van der Waals surface area contributed by atoms with E-state index in [1.807, 2.05) is 0 Å². The van der Waals surface area contributed by atoms with Gasteiger partial charge in [0.05, 0.1) is 17.9 Å². The van der Waals surface area contributed by atoms with Crippen molar-refractivity contribution < 1.29 is 24.2 Å². The lowest BCUT2D eigenvalue weighted by Gasteiger charge is -2.58. The van der Waals surface area contributed by atoms with E-state index in [1.165, 1.54) is 0 Å². The molecule has 5 rings (SSSR count). The highest BCUT2D eigenvalue weighted by Gasteiger charge is 2.83. The monoisotopic (exact) mass is 442 g/mol. The Hall–Kier alpha value is -1.65. The van der Waals surface area contributed by atoms with E-state index < -0.39 is 22.2 Å². The molecule has 0 spiro atoms. The lowest BCUT2D eigenvalue weighted by Crippen LogP contribution is -2.62. The highest BCUT2D eigenvalue weighted by atomic mass is 16.5. The van der Waals surface area contributed by atoms with Gasteiger partial charge in [0.25, 0.3) is 0 Å². The normalized spacial score (nSPS) is 44.6. The van der Waals surface area contributed by atoms with Crippen LogP contribution < -0.4 is 0 Å². The first-order chi connectivity index (χ1) is 15.2. The van der Waals surface area contributed by atoms with Crippen LogP contribution in [0.4, 0.5) is 0 Å². The van der Waals surface area contributed by atoms with Crippen molar-refractivity contribution in [3.8, 4) is 0 Å². The Kier molecular flexibility index (Phi) is 5.14. The van der Waals surface area contributed by atoms with E-state index in [4.69, 9.17) is 4.74 Å². The van der Waals surface area contributed by atoms with Crippen LogP contribution in [-0.4, -0.2) is 29.9 Å². The van der Waals surface area contributed by atoms with Crippen LogP contribution >= 0.6 is 0 Å². The van der Waals surface area contributed by atoms with Gasteiger partial charge in [-0.05, 0) is 68.1 Å². The molecule has 5 aliphatic rings. The van der Waals surface area contributed by atoms with Gasteiger partial charge >= 0.3 is 11.9 Å². The second-order valence-corrected chi connectivity index (χ2v) is 11.9. The molecule has 5 heteroatoms. The topological polar surface area (TPSA) is 80.7 Å². The number of aliphatic carboxylic acids is 1. The van der Waals surface area contributed by atoms with Crippen molar-refractivity contribution in [2.45, 2.75) is 78.6 Å². The number of carbonyl (C=O) groups excluding carboxylic acids is 2. The molecule has 0 aromatic heterocycles. The zero-order valence-corrected chi connectivity index (χ0v) is 19.8. The van der Waals surface area contributed by atoms with E-state index >= 15 is 0 Å². The lowest BCUT2D eigenvalue weighted by atomic mass is 9.42. The second-order valence-electron chi connectivity index (χ2n) is 11.9. The summed E-state index contributed by atoms with van der Waals surface area (Å²) in [6.07, 6.45) is 11.3. The fraction of sp³-hybridized carbons (Fsp3) is 0.815. The molecule has 32 heavy (non-hydrogen) atoms. The predicted octanol–water partition coefficient (Wildman–Crippen LogP) is 5.03. The molecule has 0 saturated heterocycles. The number of ether oxygens (including phenoxy) is 1. The van der Waals surface area contributed by atoms with Gasteiger partial charge in [0.1, 0.15) is 11.7 Å². The number of hydrogen-bond donors (Lipinski definition) is 1. The minimum atomic E-state index is -1.16. The summed E-state index contributed by atoms with van der Waals surface area (Å²) >= 11 is 0. The van der Waals surface area contributed by atoms with Crippen LogP contribution in [0, 0.1) is 51.8 Å². The number of allylic oxidation sites excluding steroid dienone is 1. The molecule has 0 aliphatic heterocycles. The molecule has 5 nitrogen and oxygen atoms in total. The molecule has 0 heterocycles. The number of esters is 1. The second kappa shape index (κ2) is 7.43. The number of hydrogen-bond acceptors (Lipinski definition) is 4. The van der Waals surface area contributed by atoms with Crippen molar-refractivity contribution in [3.05, 3.63) is 11.6 Å². The van der Waals surface area contributed by atoms with E-state index in [-0.39, 0.29) is 36.2 Å². The Morgan fingerprint density at radius 1 is 1.19 bits per heavy atom. The number of rotatable bonds is 7. The van der Waals surface area contributed by atoms with Crippen molar-refractivity contribution in [3.63, 3.8) is 0 Å². The van der Waals surface area contributed by atoms with Gasteiger partial charge in [-0.3, -0.25) is 9.59 Å². The fourth-order valence-corrected chi connectivity index (χ4v) is 9.45. The maximum atomic E-state index is 13.3. The number of carboxylic acids is 1. The van der Waals surface area contributed by atoms with Crippen molar-refractivity contribution >= 4 is 18.2 Å². The van der Waals surface area contributed by atoms with Crippen LogP contribution in [0.3, 0.4) is 0 Å². The molecule has 6 unspecified atom stereocenters. The Morgan fingerprint density at radius 2 is 1.91 bits per heavy atom. The molecule has 176 valence electrons. The first-order valence-electron chi connectivity index (χ1n) is 12.8. The molecular formula is C27H38O5. The molecule has 5 aliphatic carbocycles. The first kappa shape index (κ1) is 22.2. The summed E-state index contributed by atoms with van der Waals surface area (Å²) in [5.74, 6) is 0.238. The summed E-state index contributed by atoms with van der Waals surface area (Å²) in [5, 5.41) is 10.9. The molecule has 0 aromatic rings. The van der Waals surface area contributed by atoms with E-state index in [1.54, 1.807) is 0 Å². The fourth-order valence-electron chi connectivity index (χ4n) is 9.45. The van der Waals surface area contributed by atoms with E-state index in [0.717, 1.165) is 56.8 Å². The van der Waals surface area contributed by atoms with Gasteiger partial charge in [-0.1, -0.05) is 51.7 Å². The van der Waals surface area contributed by atoms with Crippen molar-refractivity contribution in [2.24, 2.45) is 51.8 Å². The van der Waals surface area contributed by atoms with Gasteiger partial charge in [-0.25, -0.2) is 0 Å². The minimum absolute atomic E-state index is 0.00485. The predicted molar refractivity (Wildman–Crippen MR) is 120 cm³/mol. The molecule has 7 atom stereocenters. The molecule has 4 fully saturated rings. The molecule has 0 radical (unpaired) electrons. The Balaban J connectivity index is 1.54. The summed E-state index contributed by atoms with van der Waals surface area (Å²) < 4.78 is 5.78. The summed E-state index contributed by atoms with van der Waals surface area (Å²) in [6, 6.07) is 0. The van der Waals surface area contributed by atoms with Crippen LogP contribution in [0.15, 0.2) is 11.6 Å². The highest BCUT2D eigenvalue weighted by Crippen LogP contribution is 2.83. The molecule has 4 saturated carbocycles. The molecule has 1 N–H and O–H groups in total. The third kappa shape index (κ3) is 2.49. The van der Waals surface area contributed by atoms with Gasteiger partial charge in [0.2, 0.25) is 0 Å². The standard InChI is InChI=1S/C27H38O5/c1-16(2)22-12-19-13-26(15-28)21-9-8-17(3)20(21)14-25(19,27(22,26)24(30)31)10-11-32-23(29)18-6-4-5-7-18/h12,15-21H,4-11,13-14H2,1-3H3,(H,30,31)/t17-,19?,20?,21?,25?,26?,27?/m1/s1. The summed E-state index contributed by atoms with van der Waals surface area (Å²) in [5.41, 5.74) is -1.57. The third-order valence-electron chi connectivity index (χ3n) is 10.6. The van der Waals surface area contributed by atoms with Crippen molar-refractivity contribution in [1.29, 1.82) is 0 Å². The quantitative estimate of drug-likeness (QED) is 0.340. The van der Waals surface area contributed by atoms with Crippen molar-refractivity contribution in [2.75, 3.05) is 6.61 Å². The van der Waals surface area contributed by atoms with Gasteiger partial charge in [0.15, 0.2) is 0 Å². The molecule has 0 amide bonds. The summed E-state index contributed by atoms with van der Waals surface area (Å²) in [6.45, 7) is 6.66.